The maximum Gasteiger partial charge on any atom is 0.407 e. The maximum absolute atomic E-state index is 13.0. The lowest BCUT2D eigenvalue weighted by atomic mass is 9.96. The number of aliphatic carboxylic acids is 1. The molecule has 7 nitrogen and oxygen atoms in total. The number of hydrogen-bond acceptors (Lipinski definition) is 4. The number of carboxylic acids is 1. The van der Waals surface area contributed by atoms with Gasteiger partial charge in [-0.25, -0.2) is 4.79 Å². The molecule has 0 spiro atoms. The van der Waals surface area contributed by atoms with Crippen molar-refractivity contribution in [3.05, 3.63) is 59.7 Å². The average molecular weight is 477 g/mol. The van der Waals surface area contributed by atoms with Gasteiger partial charge in [0.25, 0.3) is 0 Å². The van der Waals surface area contributed by atoms with Gasteiger partial charge in [0.1, 0.15) is 6.61 Å². The van der Waals surface area contributed by atoms with E-state index >= 15 is 0 Å². The van der Waals surface area contributed by atoms with Crippen molar-refractivity contribution in [3.63, 3.8) is 0 Å². The Hall–Kier alpha value is -3.35. The van der Waals surface area contributed by atoms with Crippen molar-refractivity contribution in [2.75, 3.05) is 6.61 Å². The number of carbonyl (C=O) groups excluding carboxylic acids is 2. The van der Waals surface area contributed by atoms with Crippen LogP contribution in [-0.4, -0.2) is 41.8 Å². The molecule has 5 rings (SSSR count). The van der Waals surface area contributed by atoms with Crippen molar-refractivity contribution in [2.45, 2.75) is 57.5 Å². The van der Waals surface area contributed by atoms with E-state index in [0.717, 1.165) is 12.8 Å². The minimum absolute atomic E-state index is 0.00412. The largest absolute Gasteiger partial charge is 0.481 e. The van der Waals surface area contributed by atoms with Gasteiger partial charge in [-0.05, 0) is 53.4 Å². The molecule has 0 aliphatic heterocycles. The molecule has 2 saturated carbocycles. The number of alkyl carbamates (subject to hydrolysis) is 1. The molecule has 2 amide bonds. The summed E-state index contributed by atoms with van der Waals surface area (Å²) in [6, 6.07) is 15.9. The number of amides is 2. The highest BCUT2D eigenvalue weighted by Crippen LogP contribution is 2.63. The molecule has 184 valence electrons. The summed E-state index contributed by atoms with van der Waals surface area (Å²) in [6.45, 7) is 4.07. The average Bonchev–Trinajstić information content (AvgIpc) is 3.25. The van der Waals surface area contributed by atoms with Crippen LogP contribution >= 0.6 is 0 Å². The summed E-state index contributed by atoms with van der Waals surface area (Å²) in [5.41, 5.74) is 4.21. The molecule has 0 radical (unpaired) electrons. The van der Waals surface area contributed by atoms with Crippen LogP contribution in [0.1, 0.15) is 56.6 Å². The minimum atomic E-state index is -0.921. The molecule has 0 bridgehead atoms. The fraction of sp³-hybridized carbons (Fsp3) is 0.464. The van der Waals surface area contributed by atoms with E-state index < -0.39 is 23.5 Å². The first-order valence-electron chi connectivity index (χ1n) is 12.4. The van der Waals surface area contributed by atoms with Crippen LogP contribution in [0.3, 0.4) is 0 Å². The molecule has 3 aliphatic carbocycles. The molecule has 35 heavy (non-hydrogen) atoms. The lowest BCUT2D eigenvalue weighted by Crippen LogP contribution is -2.44. The SMILES string of the molecule is CC(C)[C@@H](CC(=O)O)NC(=O)C12CC(NC(=O)OCC3c4ccccc4-c4ccccc43)CC1C2. The van der Waals surface area contributed by atoms with Gasteiger partial charge in [-0.15, -0.1) is 0 Å². The molecule has 3 unspecified atom stereocenters. The summed E-state index contributed by atoms with van der Waals surface area (Å²) in [5, 5.41) is 15.1. The van der Waals surface area contributed by atoms with Crippen molar-refractivity contribution in [2.24, 2.45) is 17.3 Å². The zero-order chi connectivity index (χ0) is 24.7. The Morgan fingerprint density at radius 3 is 2.26 bits per heavy atom. The Labute approximate surface area is 205 Å². The van der Waals surface area contributed by atoms with Gasteiger partial charge in [-0.2, -0.15) is 0 Å². The molecule has 7 heteroatoms. The second-order valence-electron chi connectivity index (χ2n) is 10.6. The first kappa shape index (κ1) is 23.4. The van der Waals surface area contributed by atoms with Gasteiger partial charge in [0, 0.05) is 18.0 Å². The quantitative estimate of drug-likeness (QED) is 0.527. The van der Waals surface area contributed by atoms with Gasteiger partial charge in [0.2, 0.25) is 5.91 Å². The highest BCUT2D eigenvalue weighted by atomic mass is 16.5. The van der Waals surface area contributed by atoms with E-state index in [0.29, 0.717) is 6.42 Å². The molecular formula is C28H32N2O5. The molecule has 2 aromatic rings. The van der Waals surface area contributed by atoms with Gasteiger partial charge in [0.05, 0.1) is 11.8 Å². The fourth-order valence-electron chi connectivity index (χ4n) is 6.05. The van der Waals surface area contributed by atoms with E-state index in [1.54, 1.807) is 0 Å². The molecule has 0 aromatic heterocycles. The fourth-order valence-corrected chi connectivity index (χ4v) is 6.05. The van der Waals surface area contributed by atoms with Crippen LogP contribution in [0.5, 0.6) is 0 Å². The van der Waals surface area contributed by atoms with Crippen LogP contribution in [0, 0.1) is 17.3 Å². The summed E-state index contributed by atoms with van der Waals surface area (Å²) in [4.78, 5) is 36.8. The van der Waals surface area contributed by atoms with Gasteiger partial charge in [-0.3, -0.25) is 9.59 Å². The summed E-state index contributed by atoms with van der Waals surface area (Å²) in [5.74, 6) is -0.752. The lowest BCUT2D eigenvalue weighted by molar-refractivity contribution is -0.138. The predicted octanol–water partition coefficient (Wildman–Crippen LogP) is 4.31. The minimum Gasteiger partial charge on any atom is -0.481 e. The van der Waals surface area contributed by atoms with Gasteiger partial charge in [0.15, 0.2) is 0 Å². The number of hydrogen-bond donors (Lipinski definition) is 3. The van der Waals surface area contributed by atoms with Crippen LogP contribution in [0.15, 0.2) is 48.5 Å². The second-order valence-corrected chi connectivity index (χ2v) is 10.6. The molecule has 0 saturated heterocycles. The monoisotopic (exact) mass is 476 g/mol. The summed E-state index contributed by atoms with van der Waals surface area (Å²) in [6.07, 6.45) is 1.54. The third-order valence-corrected chi connectivity index (χ3v) is 8.05. The predicted molar refractivity (Wildman–Crippen MR) is 131 cm³/mol. The number of carbonyl (C=O) groups is 3. The summed E-state index contributed by atoms with van der Waals surface area (Å²) in [7, 11) is 0. The standard InChI is InChI=1S/C28H32N2O5/c1-16(2)24(12-25(31)32)30-26(33)28-13-17(28)11-18(14-28)29-27(34)35-15-23-21-9-5-3-7-19(21)20-8-4-6-10-22(20)23/h3-10,16-18,23-24H,11-15H2,1-2H3,(H,29,34)(H,30,33)(H,31,32)/t17?,18?,24-,28?/m1/s1. The Balaban J connectivity index is 1.16. The molecule has 2 fully saturated rings. The van der Waals surface area contributed by atoms with Crippen molar-refractivity contribution in [1.29, 1.82) is 0 Å². The van der Waals surface area contributed by atoms with Crippen LogP contribution in [0.25, 0.3) is 11.1 Å². The van der Waals surface area contributed by atoms with E-state index in [2.05, 4.69) is 34.9 Å². The molecule has 3 N–H and O–H groups in total. The van der Waals surface area contributed by atoms with E-state index in [4.69, 9.17) is 9.84 Å². The van der Waals surface area contributed by atoms with E-state index in [-0.39, 0.29) is 42.7 Å². The van der Waals surface area contributed by atoms with Crippen molar-refractivity contribution in [3.8, 4) is 11.1 Å². The first-order valence-corrected chi connectivity index (χ1v) is 12.4. The van der Waals surface area contributed by atoms with E-state index in [1.165, 1.54) is 22.3 Å². The number of benzene rings is 2. The number of rotatable bonds is 8. The number of fused-ring (bicyclic) bond motifs is 4. The van der Waals surface area contributed by atoms with E-state index in [9.17, 15) is 14.4 Å². The molecule has 3 aliphatic rings. The topological polar surface area (TPSA) is 105 Å². The van der Waals surface area contributed by atoms with Crippen molar-refractivity contribution >= 4 is 18.0 Å². The summed E-state index contributed by atoms with van der Waals surface area (Å²) >= 11 is 0. The first-order chi connectivity index (χ1) is 16.8. The van der Waals surface area contributed by atoms with Crippen molar-refractivity contribution < 1.29 is 24.2 Å². The number of nitrogens with one attached hydrogen (secondary N) is 2. The van der Waals surface area contributed by atoms with Gasteiger partial charge in [-0.1, -0.05) is 62.4 Å². The van der Waals surface area contributed by atoms with E-state index in [1.807, 2.05) is 38.1 Å². The Morgan fingerprint density at radius 2 is 1.66 bits per heavy atom. The normalized spacial score (nSPS) is 24.8. The maximum atomic E-state index is 13.0. The summed E-state index contributed by atoms with van der Waals surface area (Å²) < 4.78 is 5.67. The van der Waals surface area contributed by atoms with Gasteiger partial charge < -0.3 is 20.5 Å². The van der Waals surface area contributed by atoms with Crippen LogP contribution in [0.4, 0.5) is 4.79 Å². The smallest absolute Gasteiger partial charge is 0.407 e. The lowest BCUT2D eigenvalue weighted by Gasteiger charge is -2.24. The highest BCUT2D eigenvalue weighted by molar-refractivity contribution is 5.87. The Bertz CT molecular complexity index is 1120. The number of carboxylic acid groups (broad SMARTS) is 1. The molecule has 4 atom stereocenters. The van der Waals surface area contributed by atoms with Crippen LogP contribution in [-0.2, 0) is 14.3 Å². The Morgan fingerprint density at radius 1 is 1.03 bits per heavy atom. The number of ether oxygens (including phenoxy) is 1. The third-order valence-electron chi connectivity index (χ3n) is 8.05. The molecular weight excluding hydrogens is 444 g/mol. The second kappa shape index (κ2) is 9.02. The van der Waals surface area contributed by atoms with Crippen LogP contribution < -0.4 is 10.6 Å². The zero-order valence-corrected chi connectivity index (χ0v) is 20.1. The highest BCUT2D eigenvalue weighted by Gasteiger charge is 2.65. The Kier molecular flexibility index (Phi) is 6.03. The zero-order valence-electron chi connectivity index (χ0n) is 20.1. The van der Waals surface area contributed by atoms with Crippen LogP contribution in [0.2, 0.25) is 0 Å². The van der Waals surface area contributed by atoms with Crippen molar-refractivity contribution in [1.82, 2.24) is 10.6 Å². The third kappa shape index (κ3) is 4.40. The molecule has 0 heterocycles. The molecule has 2 aromatic carbocycles. The van der Waals surface area contributed by atoms with Gasteiger partial charge >= 0.3 is 12.1 Å².